The normalized spacial score (nSPS) is 10.4. The first-order valence-electron chi connectivity index (χ1n) is 6.87. The molecule has 1 heterocycles. The van der Waals surface area contributed by atoms with Gasteiger partial charge in [-0.1, -0.05) is 12.1 Å². The van der Waals surface area contributed by atoms with E-state index in [1.54, 1.807) is 24.8 Å². The van der Waals surface area contributed by atoms with Gasteiger partial charge in [0.05, 0.1) is 17.2 Å². The molecule has 0 saturated carbocycles. The lowest BCUT2D eigenvalue weighted by Gasteiger charge is -2.09. The van der Waals surface area contributed by atoms with Crippen molar-refractivity contribution in [1.29, 1.82) is 0 Å². The molecule has 0 spiro atoms. The van der Waals surface area contributed by atoms with Crippen LogP contribution in [0.4, 0.5) is 0 Å². The van der Waals surface area contributed by atoms with Crippen molar-refractivity contribution in [1.82, 2.24) is 4.98 Å². The number of aromatic nitrogens is 1. The molecule has 0 saturated heterocycles. The second-order valence-corrected chi connectivity index (χ2v) is 5.99. The molecule has 0 fully saturated rings. The average Bonchev–Trinajstić information content (AvgIpc) is 2.43. The van der Waals surface area contributed by atoms with Crippen LogP contribution in [0.1, 0.15) is 28.5 Å². The number of benzene rings is 1. The van der Waals surface area contributed by atoms with Gasteiger partial charge < -0.3 is 4.74 Å². The third-order valence-electron chi connectivity index (χ3n) is 2.93. The van der Waals surface area contributed by atoms with Crippen molar-refractivity contribution in [3.8, 4) is 5.75 Å². The summed E-state index contributed by atoms with van der Waals surface area (Å²) in [5, 5.41) is 1.01. The van der Waals surface area contributed by atoms with Crippen molar-refractivity contribution >= 4 is 17.5 Å². The predicted octanol–water partition coefficient (Wildman–Crippen LogP) is 4.07. The molecular weight excluding hydrogens is 282 g/mol. The van der Waals surface area contributed by atoms with E-state index < -0.39 is 0 Å². The van der Waals surface area contributed by atoms with E-state index in [0.29, 0.717) is 17.9 Å². The summed E-state index contributed by atoms with van der Waals surface area (Å²) in [5.74, 6) is 1.47. The van der Waals surface area contributed by atoms with Crippen LogP contribution in [0.2, 0.25) is 0 Å². The van der Waals surface area contributed by atoms with Gasteiger partial charge >= 0.3 is 0 Å². The fourth-order valence-electron chi connectivity index (χ4n) is 2.06. The smallest absolute Gasteiger partial charge is 0.163 e. The average molecular weight is 301 g/mol. The molecule has 3 nitrogen and oxygen atoms in total. The van der Waals surface area contributed by atoms with Crippen LogP contribution in [0.3, 0.4) is 0 Å². The Bertz CT molecular complexity index is 620. The van der Waals surface area contributed by atoms with E-state index in [9.17, 15) is 4.79 Å². The van der Waals surface area contributed by atoms with Gasteiger partial charge in [-0.15, -0.1) is 11.8 Å². The molecule has 110 valence electrons. The summed E-state index contributed by atoms with van der Waals surface area (Å²) in [6, 6.07) is 11.5. The molecule has 0 N–H and O–H groups in total. The van der Waals surface area contributed by atoms with Crippen molar-refractivity contribution in [2.24, 2.45) is 0 Å². The molecule has 0 atom stereocenters. The molecular formula is C17H19NO2S. The first kappa shape index (κ1) is 15.6. The molecule has 1 aromatic heterocycles. The molecule has 4 heteroatoms. The fraction of sp³-hybridized carbons (Fsp3) is 0.294. The summed E-state index contributed by atoms with van der Waals surface area (Å²) >= 11 is 1.66. The fourth-order valence-corrected chi connectivity index (χ4v) is 2.91. The van der Waals surface area contributed by atoms with Crippen LogP contribution in [-0.2, 0) is 0 Å². The second kappa shape index (κ2) is 7.27. The summed E-state index contributed by atoms with van der Waals surface area (Å²) in [4.78, 5) is 16.0. The maximum absolute atomic E-state index is 11.5. The highest BCUT2D eigenvalue weighted by Crippen LogP contribution is 2.20. The first-order valence-corrected chi connectivity index (χ1v) is 7.85. The maximum atomic E-state index is 11.5. The third-order valence-corrected chi connectivity index (χ3v) is 3.81. The van der Waals surface area contributed by atoms with E-state index >= 15 is 0 Å². The highest BCUT2D eigenvalue weighted by molar-refractivity contribution is 7.99. The Labute approximate surface area is 129 Å². The lowest BCUT2D eigenvalue weighted by Crippen LogP contribution is -2.04. The van der Waals surface area contributed by atoms with E-state index in [0.717, 1.165) is 16.5 Å². The molecule has 0 unspecified atom stereocenters. The van der Waals surface area contributed by atoms with Crippen molar-refractivity contribution in [3.63, 3.8) is 0 Å². The molecule has 2 rings (SSSR count). The number of ether oxygens (including phenoxy) is 1. The molecule has 0 bridgehead atoms. The monoisotopic (exact) mass is 301 g/mol. The lowest BCUT2D eigenvalue weighted by atomic mass is 10.1. The molecule has 21 heavy (non-hydrogen) atoms. The minimum atomic E-state index is 0.0224. The zero-order valence-electron chi connectivity index (χ0n) is 12.6. The topological polar surface area (TPSA) is 39.2 Å². The number of nitrogens with zero attached hydrogens (tertiary/aromatic N) is 1. The van der Waals surface area contributed by atoms with Crippen LogP contribution < -0.4 is 4.74 Å². The van der Waals surface area contributed by atoms with Crippen molar-refractivity contribution in [3.05, 3.63) is 53.2 Å². The number of carbonyl (C=O) groups is 1. The van der Waals surface area contributed by atoms with E-state index in [-0.39, 0.29) is 5.78 Å². The first-order chi connectivity index (χ1) is 10.1. The molecule has 1 aromatic carbocycles. The predicted molar refractivity (Wildman–Crippen MR) is 86.4 cm³/mol. The molecule has 0 amide bonds. The van der Waals surface area contributed by atoms with Gasteiger partial charge in [-0.2, -0.15) is 0 Å². The number of pyridine rings is 1. The Balaban J connectivity index is 1.89. The molecule has 0 radical (unpaired) electrons. The minimum Gasteiger partial charge on any atom is -0.492 e. The summed E-state index contributed by atoms with van der Waals surface area (Å²) in [5.41, 5.74) is 2.88. The van der Waals surface area contributed by atoms with Gasteiger partial charge in [0.25, 0.3) is 0 Å². The number of para-hydroxylation sites is 1. The number of aryl methyl sites for hydroxylation is 2. The SMILES string of the molecule is CC(=O)c1ccccc1OCCSc1cc(C)cc(C)n1. The van der Waals surface area contributed by atoms with Crippen LogP contribution in [0.25, 0.3) is 0 Å². The summed E-state index contributed by atoms with van der Waals surface area (Å²) in [7, 11) is 0. The lowest BCUT2D eigenvalue weighted by molar-refractivity contribution is 0.101. The Hall–Kier alpha value is -1.81. The van der Waals surface area contributed by atoms with Gasteiger partial charge in [0.15, 0.2) is 5.78 Å². The van der Waals surface area contributed by atoms with Crippen LogP contribution in [-0.4, -0.2) is 23.1 Å². The Morgan fingerprint density at radius 3 is 2.71 bits per heavy atom. The summed E-state index contributed by atoms with van der Waals surface area (Å²) in [6.45, 7) is 6.16. The van der Waals surface area contributed by atoms with Crippen molar-refractivity contribution in [2.45, 2.75) is 25.8 Å². The maximum Gasteiger partial charge on any atom is 0.163 e. The van der Waals surface area contributed by atoms with Crippen LogP contribution in [0.5, 0.6) is 5.75 Å². The van der Waals surface area contributed by atoms with E-state index in [1.807, 2.05) is 25.1 Å². The van der Waals surface area contributed by atoms with Crippen LogP contribution >= 0.6 is 11.8 Å². The van der Waals surface area contributed by atoms with Crippen molar-refractivity contribution in [2.75, 3.05) is 12.4 Å². The number of Topliss-reactive ketones (excluding diaryl/α,β-unsaturated/α-hetero) is 1. The number of thioether (sulfide) groups is 1. The highest BCUT2D eigenvalue weighted by Gasteiger charge is 2.07. The molecule has 2 aromatic rings. The number of hydrogen-bond acceptors (Lipinski definition) is 4. The van der Waals surface area contributed by atoms with Crippen molar-refractivity contribution < 1.29 is 9.53 Å². The summed E-state index contributed by atoms with van der Waals surface area (Å²) in [6.07, 6.45) is 0. The molecule has 0 aliphatic carbocycles. The summed E-state index contributed by atoms with van der Waals surface area (Å²) < 4.78 is 5.71. The van der Waals surface area contributed by atoms with E-state index in [2.05, 4.69) is 24.0 Å². The third kappa shape index (κ3) is 4.60. The standard InChI is InChI=1S/C17H19NO2S/c1-12-10-13(2)18-17(11-12)21-9-8-20-16-7-5-4-6-15(16)14(3)19/h4-7,10-11H,8-9H2,1-3H3. The second-order valence-electron chi connectivity index (χ2n) is 4.87. The Morgan fingerprint density at radius 2 is 2.00 bits per heavy atom. The van der Waals surface area contributed by atoms with Gasteiger partial charge in [0.1, 0.15) is 5.75 Å². The highest BCUT2D eigenvalue weighted by atomic mass is 32.2. The zero-order chi connectivity index (χ0) is 15.2. The van der Waals surface area contributed by atoms with Gasteiger partial charge in [-0.3, -0.25) is 4.79 Å². The number of hydrogen-bond donors (Lipinski definition) is 0. The number of ketones is 1. The van der Waals surface area contributed by atoms with Gasteiger partial charge in [-0.25, -0.2) is 4.98 Å². The molecule has 0 aliphatic rings. The van der Waals surface area contributed by atoms with Gasteiger partial charge in [-0.05, 0) is 50.6 Å². The van der Waals surface area contributed by atoms with Gasteiger partial charge in [0.2, 0.25) is 0 Å². The number of rotatable bonds is 6. The molecule has 0 aliphatic heterocycles. The van der Waals surface area contributed by atoms with Gasteiger partial charge in [0, 0.05) is 11.4 Å². The van der Waals surface area contributed by atoms with E-state index in [4.69, 9.17) is 4.74 Å². The minimum absolute atomic E-state index is 0.0224. The van der Waals surface area contributed by atoms with Crippen LogP contribution in [0, 0.1) is 13.8 Å². The zero-order valence-corrected chi connectivity index (χ0v) is 13.4. The number of carbonyl (C=O) groups excluding carboxylic acids is 1. The van der Waals surface area contributed by atoms with Crippen LogP contribution in [0.15, 0.2) is 41.4 Å². The quantitative estimate of drug-likeness (QED) is 0.458. The Morgan fingerprint density at radius 1 is 1.24 bits per heavy atom. The largest absolute Gasteiger partial charge is 0.492 e. The van der Waals surface area contributed by atoms with E-state index in [1.165, 1.54) is 5.56 Å². The Kier molecular flexibility index (Phi) is 5.39.